The van der Waals surface area contributed by atoms with E-state index in [9.17, 15) is 0 Å². The fourth-order valence-electron chi connectivity index (χ4n) is 3.12. The summed E-state index contributed by atoms with van der Waals surface area (Å²) in [6.45, 7) is 0. The maximum absolute atomic E-state index is 4.28. The number of benzene rings is 1. The Labute approximate surface area is 220 Å². The molecule has 0 aliphatic rings. The van der Waals surface area contributed by atoms with Gasteiger partial charge in [-0.3, -0.25) is 15.0 Å². The SMILES string of the molecule is [Ir].[c-]1ccccc1-c1nnc(-c2ccccn2)nn1.c1cncc(-c2ccnc(-c3ccn[n-]3)c2)c1. The molecule has 6 aromatic rings. The van der Waals surface area contributed by atoms with Gasteiger partial charge in [-0.15, -0.1) is 46.1 Å². The van der Waals surface area contributed by atoms with Gasteiger partial charge in [0.05, 0.1) is 0 Å². The zero-order chi connectivity index (χ0) is 23.7. The molecule has 5 heterocycles. The van der Waals surface area contributed by atoms with E-state index in [2.05, 4.69) is 51.6 Å². The minimum atomic E-state index is 0. The van der Waals surface area contributed by atoms with Crippen LogP contribution in [0.2, 0.25) is 0 Å². The zero-order valence-electron chi connectivity index (χ0n) is 18.7. The van der Waals surface area contributed by atoms with Gasteiger partial charge in [0.25, 0.3) is 0 Å². The Hall–Kier alpha value is -4.53. The molecule has 10 heteroatoms. The fraction of sp³-hybridized carbons (Fsp3) is 0. The molecule has 0 N–H and O–H groups in total. The predicted molar refractivity (Wildman–Crippen MR) is 129 cm³/mol. The average Bonchev–Trinajstić information content (AvgIpc) is 3.51. The summed E-state index contributed by atoms with van der Waals surface area (Å²) in [4.78, 5) is 12.5. The van der Waals surface area contributed by atoms with Gasteiger partial charge in [0.15, 0.2) is 0 Å². The third-order valence-electron chi connectivity index (χ3n) is 4.80. The van der Waals surface area contributed by atoms with Crippen molar-refractivity contribution in [3.05, 3.63) is 110 Å². The second kappa shape index (κ2) is 12.3. The molecule has 0 fully saturated rings. The van der Waals surface area contributed by atoms with Gasteiger partial charge in [0.2, 0.25) is 5.82 Å². The number of aromatic nitrogens is 9. The topological polar surface area (TPSA) is 117 Å². The first-order valence-electron chi connectivity index (χ1n) is 10.6. The Balaban J connectivity index is 0.000000165. The summed E-state index contributed by atoms with van der Waals surface area (Å²) in [5.74, 6) is 0.866. The summed E-state index contributed by atoms with van der Waals surface area (Å²) in [5, 5.41) is 23.9. The molecule has 0 atom stereocenters. The maximum atomic E-state index is 4.28. The number of pyridine rings is 3. The van der Waals surface area contributed by atoms with Crippen LogP contribution < -0.4 is 5.10 Å². The van der Waals surface area contributed by atoms with E-state index < -0.39 is 0 Å². The largest absolute Gasteiger partial charge is 0.574 e. The summed E-state index contributed by atoms with van der Waals surface area (Å²) in [7, 11) is 0. The van der Waals surface area contributed by atoms with Crippen molar-refractivity contribution < 1.29 is 20.1 Å². The monoisotopic (exact) mass is 648 g/mol. The third-order valence-corrected chi connectivity index (χ3v) is 4.80. The average molecular weight is 648 g/mol. The normalized spacial score (nSPS) is 10.0. The molecule has 9 nitrogen and oxygen atoms in total. The zero-order valence-corrected chi connectivity index (χ0v) is 21.1. The molecule has 177 valence electrons. The van der Waals surface area contributed by atoms with E-state index >= 15 is 0 Å². The van der Waals surface area contributed by atoms with Crippen LogP contribution in [0.1, 0.15) is 0 Å². The van der Waals surface area contributed by atoms with Crippen molar-refractivity contribution >= 4 is 0 Å². The summed E-state index contributed by atoms with van der Waals surface area (Å²) >= 11 is 0. The molecule has 0 aliphatic carbocycles. The summed E-state index contributed by atoms with van der Waals surface area (Å²) in [5.41, 5.74) is 5.17. The van der Waals surface area contributed by atoms with Crippen LogP contribution in [0.5, 0.6) is 0 Å². The van der Waals surface area contributed by atoms with Crippen molar-refractivity contribution in [3.63, 3.8) is 0 Å². The minimum absolute atomic E-state index is 0. The van der Waals surface area contributed by atoms with Gasteiger partial charge in [0, 0.05) is 62.3 Å². The molecule has 0 amide bonds. The van der Waals surface area contributed by atoms with Crippen molar-refractivity contribution in [1.82, 2.24) is 45.5 Å². The molecule has 0 aliphatic heterocycles. The van der Waals surface area contributed by atoms with E-state index in [1.54, 1.807) is 30.9 Å². The molecule has 0 saturated heterocycles. The second-order valence-corrected chi connectivity index (χ2v) is 7.13. The van der Waals surface area contributed by atoms with E-state index in [0.29, 0.717) is 17.3 Å². The molecular weight excluding hydrogens is 631 g/mol. The Morgan fingerprint density at radius 3 is 2.17 bits per heavy atom. The van der Waals surface area contributed by atoms with Crippen LogP contribution in [0.25, 0.3) is 45.4 Å². The molecule has 6 rings (SSSR count). The Bertz CT molecular complexity index is 1400. The molecule has 1 radical (unpaired) electrons. The fourth-order valence-corrected chi connectivity index (χ4v) is 3.12. The molecule has 1 aromatic carbocycles. The van der Waals surface area contributed by atoms with Crippen molar-refractivity contribution in [1.29, 1.82) is 0 Å². The molecule has 0 bridgehead atoms. The smallest absolute Gasteiger partial charge is 0.220 e. The molecule has 0 spiro atoms. The van der Waals surface area contributed by atoms with E-state index in [-0.39, 0.29) is 20.1 Å². The number of hydrogen-bond donors (Lipinski definition) is 0. The quantitative estimate of drug-likeness (QED) is 0.262. The predicted octanol–water partition coefficient (Wildman–Crippen LogP) is 3.96. The van der Waals surface area contributed by atoms with Gasteiger partial charge in [0.1, 0.15) is 11.5 Å². The van der Waals surface area contributed by atoms with E-state index in [0.717, 1.165) is 28.1 Å². The molecule has 36 heavy (non-hydrogen) atoms. The number of hydrogen-bond acceptors (Lipinski definition) is 8. The van der Waals surface area contributed by atoms with Gasteiger partial charge in [-0.1, -0.05) is 23.9 Å². The summed E-state index contributed by atoms with van der Waals surface area (Å²) in [6, 6.07) is 25.7. The van der Waals surface area contributed by atoms with Crippen LogP contribution in [0, 0.1) is 6.07 Å². The Morgan fingerprint density at radius 2 is 1.47 bits per heavy atom. The van der Waals surface area contributed by atoms with E-state index in [1.165, 1.54) is 0 Å². The molecule has 5 aromatic heterocycles. The first-order chi connectivity index (χ1) is 17.4. The Morgan fingerprint density at radius 1 is 0.639 bits per heavy atom. The van der Waals surface area contributed by atoms with Crippen LogP contribution in [-0.4, -0.2) is 40.4 Å². The van der Waals surface area contributed by atoms with Gasteiger partial charge >= 0.3 is 0 Å². The van der Waals surface area contributed by atoms with E-state index in [1.807, 2.05) is 72.9 Å². The standard InChI is InChI=1S/C13H8N5.C13H9N4.Ir/c1-2-6-10(7-3-1)12-15-17-13(18-16-12)11-8-4-5-9-14-11;1-2-11(9-14-5-1)10-3-6-15-13(8-10)12-4-7-16-17-12;/h1-6,8-9H;1-9H;/q2*-1;. The van der Waals surface area contributed by atoms with Crippen LogP contribution in [0.3, 0.4) is 0 Å². The van der Waals surface area contributed by atoms with Crippen LogP contribution in [-0.2, 0) is 20.1 Å². The van der Waals surface area contributed by atoms with Crippen LogP contribution in [0.4, 0.5) is 0 Å². The van der Waals surface area contributed by atoms with Crippen molar-refractivity contribution in [2.45, 2.75) is 0 Å². The number of rotatable bonds is 4. The van der Waals surface area contributed by atoms with Crippen LogP contribution in [0.15, 0.2) is 104 Å². The van der Waals surface area contributed by atoms with Crippen molar-refractivity contribution in [2.24, 2.45) is 0 Å². The van der Waals surface area contributed by atoms with Crippen molar-refractivity contribution in [3.8, 4) is 45.4 Å². The van der Waals surface area contributed by atoms with Gasteiger partial charge in [-0.05, 0) is 35.9 Å². The van der Waals surface area contributed by atoms with Crippen LogP contribution >= 0.6 is 0 Å². The number of nitrogens with zero attached hydrogens (tertiary/aromatic N) is 9. The third kappa shape index (κ3) is 6.12. The van der Waals surface area contributed by atoms with Gasteiger partial charge < -0.3 is 10.2 Å². The van der Waals surface area contributed by atoms with Gasteiger partial charge in [-0.25, -0.2) is 0 Å². The minimum Gasteiger partial charge on any atom is -0.574 e. The van der Waals surface area contributed by atoms with Gasteiger partial charge in [-0.2, -0.15) is 10.2 Å². The second-order valence-electron chi connectivity index (χ2n) is 7.13. The van der Waals surface area contributed by atoms with Crippen molar-refractivity contribution in [2.75, 3.05) is 0 Å². The van der Waals surface area contributed by atoms with E-state index in [4.69, 9.17) is 0 Å². The molecule has 0 unspecified atom stereocenters. The first kappa shape index (κ1) is 24.6. The Kier molecular flexibility index (Phi) is 8.37. The molecule has 0 saturated carbocycles. The summed E-state index contributed by atoms with van der Waals surface area (Å²) < 4.78 is 0. The molecular formula is C26H17IrN9-2. The maximum Gasteiger partial charge on any atom is 0.220 e. The summed E-state index contributed by atoms with van der Waals surface area (Å²) in [6.07, 6.45) is 8.70. The first-order valence-corrected chi connectivity index (χ1v) is 10.6.